The van der Waals surface area contributed by atoms with E-state index in [0.29, 0.717) is 17.5 Å². The number of aromatic nitrogens is 3. The number of rotatable bonds is 7. The van der Waals surface area contributed by atoms with Crippen molar-refractivity contribution in [1.29, 1.82) is 0 Å². The highest BCUT2D eigenvalue weighted by Gasteiger charge is 2.20. The van der Waals surface area contributed by atoms with Gasteiger partial charge in [0.25, 0.3) is 0 Å². The zero-order valence-electron chi connectivity index (χ0n) is 27.0. The predicted octanol–water partition coefficient (Wildman–Crippen LogP) is 10.7. The summed E-state index contributed by atoms with van der Waals surface area (Å²) < 4.78 is 2.45. The van der Waals surface area contributed by atoms with Gasteiger partial charge in [-0.25, -0.2) is 15.0 Å². The third-order valence-corrected chi connectivity index (χ3v) is 12.4. The number of nitrogens with zero attached hydrogens (tertiary/aromatic N) is 3. The van der Waals surface area contributed by atoms with Crippen LogP contribution in [0.1, 0.15) is 0 Å². The molecule has 0 spiro atoms. The first-order valence-electron chi connectivity index (χ1n) is 16.6. The molecule has 0 atom stereocenters. The topological polar surface area (TPSA) is 38.7 Å². The van der Waals surface area contributed by atoms with Gasteiger partial charge < -0.3 is 0 Å². The molecule has 0 aliphatic rings. The second kappa shape index (κ2) is 13.2. The summed E-state index contributed by atoms with van der Waals surface area (Å²) in [7, 11) is -0.746. The van der Waals surface area contributed by atoms with Crippen molar-refractivity contribution in [2.75, 3.05) is 0 Å². The molecular weight excluding hydrogens is 646 g/mol. The minimum Gasteiger partial charge on any atom is -0.208 e. The fraction of sp³-hybridized carbons (Fsp3) is 0. The normalized spacial score (nSPS) is 11.4. The molecule has 0 N–H and O–H groups in total. The molecule has 9 aromatic rings. The maximum atomic E-state index is 5.18. The van der Waals surface area contributed by atoms with Crippen molar-refractivity contribution < 1.29 is 0 Å². The summed E-state index contributed by atoms with van der Waals surface area (Å²) in [6, 6.07) is 64.5. The maximum absolute atomic E-state index is 5.18. The zero-order chi connectivity index (χ0) is 33.3. The SMILES string of the molecule is c1ccc(-c2nc(-c3ccccc3)nc(-c3cc(-c4cccc(P(c5ccccc5)c5ccccc5)c4)cc4sc5ccccc5c34)n2)cc1. The lowest BCUT2D eigenvalue weighted by Gasteiger charge is -2.20. The lowest BCUT2D eigenvalue weighted by molar-refractivity contribution is 1.08. The summed E-state index contributed by atoms with van der Waals surface area (Å²) in [6.07, 6.45) is 0. The number of hydrogen-bond donors (Lipinski definition) is 0. The Morgan fingerprint density at radius 3 is 1.48 bits per heavy atom. The summed E-state index contributed by atoms with van der Waals surface area (Å²) in [5.41, 5.74) is 5.23. The van der Waals surface area contributed by atoms with E-state index in [2.05, 4.69) is 146 Å². The first-order valence-corrected chi connectivity index (χ1v) is 18.8. The van der Waals surface area contributed by atoms with Gasteiger partial charge in [0.15, 0.2) is 17.5 Å². The van der Waals surface area contributed by atoms with Crippen molar-refractivity contribution in [3.8, 4) is 45.3 Å². The molecule has 9 rings (SSSR count). The minimum atomic E-state index is -0.746. The molecule has 2 heterocycles. The van der Waals surface area contributed by atoms with Gasteiger partial charge in [0.1, 0.15) is 0 Å². The average Bonchev–Trinajstić information content (AvgIpc) is 3.58. The largest absolute Gasteiger partial charge is 0.208 e. The minimum absolute atomic E-state index is 0.658. The molecular formula is C45H30N3PS. The molecule has 0 fully saturated rings. The zero-order valence-corrected chi connectivity index (χ0v) is 28.7. The van der Waals surface area contributed by atoms with E-state index in [4.69, 9.17) is 15.0 Å². The number of thiophene rings is 1. The second-order valence-electron chi connectivity index (χ2n) is 12.1. The second-order valence-corrected chi connectivity index (χ2v) is 15.4. The summed E-state index contributed by atoms with van der Waals surface area (Å²) in [6.45, 7) is 0. The van der Waals surface area contributed by atoms with Gasteiger partial charge in [-0.1, -0.05) is 158 Å². The Morgan fingerprint density at radius 1 is 0.360 bits per heavy atom. The average molecular weight is 676 g/mol. The quantitative estimate of drug-likeness (QED) is 0.158. The third kappa shape index (κ3) is 5.79. The van der Waals surface area contributed by atoms with Crippen LogP contribution in [0.4, 0.5) is 0 Å². The van der Waals surface area contributed by atoms with Crippen LogP contribution in [-0.4, -0.2) is 15.0 Å². The van der Waals surface area contributed by atoms with Gasteiger partial charge in [-0.05, 0) is 59.2 Å². The highest BCUT2D eigenvalue weighted by Crippen LogP contribution is 2.43. The van der Waals surface area contributed by atoms with E-state index in [1.165, 1.54) is 41.6 Å². The lowest BCUT2D eigenvalue weighted by Crippen LogP contribution is -2.20. The number of fused-ring (bicyclic) bond motifs is 3. The van der Waals surface area contributed by atoms with Crippen molar-refractivity contribution >= 4 is 55.3 Å². The van der Waals surface area contributed by atoms with E-state index in [0.717, 1.165) is 22.3 Å². The van der Waals surface area contributed by atoms with E-state index in [1.807, 2.05) is 47.7 Å². The van der Waals surface area contributed by atoms with Gasteiger partial charge in [-0.3, -0.25) is 0 Å². The molecule has 3 nitrogen and oxygen atoms in total. The van der Waals surface area contributed by atoms with Gasteiger partial charge in [-0.2, -0.15) is 0 Å². The van der Waals surface area contributed by atoms with Crippen LogP contribution in [0.5, 0.6) is 0 Å². The van der Waals surface area contributed by atoms with Crippen molar-refractivity contribution in [2.24, 2.45) is 0 Å². The van der Waals surface area contributed by atoms with E-state index in [9.17, 15) is 0 Å². The van der Waals surface area contributed by atoms with Crippen molar-refractivity contribution in [3.05, 3.63) is 182 Å². The maximum Gasteiger partial charge on any atom is 0.164 e. The predicted molar refractivity (Wildman–Crippen MR) is 213 cm³/mol. The van der Waals surface area contributed by atoms with Crippen LogP contribution in [0.2, 0.25) is 0 Å². The van der Waals surface area contributed by atoms with E-state index in [1.54, 1.807) is 0 Å². The molecule has 2 aromatic heterocycles. The van der Waals surface area contributed by atoms with Gasteiger partial charge in [0, 0.05) is 36.9 Å². The van der Waals surface area contributed by atoms with Crippen LogP contribution in [0.25, 0.3) is 65.5 Å². The van der Waals surface area contributed by atoms with Crippen molar-refractivity contribution in [1.82, 2.24) is 15.0 Å². The Labute approximate surface area is 296 Å². The standard InChI is InChI=1S/C45H30N3PS/c1-5-16-31(17-6-1)43-46-44(32-18-7-2-8-19-32)48-45(47-43)39-29-34(30-41-42(39)38-26-13-14-27-40(38)50-41)33-20-15-25-37(28-33)49(35-21-9-3-10-22-35)36-23-11-4-12-24-36/h1-30H. The molecule has 0 amide bonds. The van der Waals surface area contributed by atoms with Crippen molar-refractivity contribution in [2.45, 2.75) is 0 Å². The molecule has 50 heavy (non-hydrogen) atoms. The Balaban J connectivity index is 1.27. The molecule has 0 radical (unpaired) electrons. The lowest BCUT2D eigenvalue weighted by atomic mass is 9.98. The van der Waals surface area contributed by atoms with Gasteiger partial charge >= 0.3 is 0 Å². The van der Waals surface area contributed by atoms with E-state index in [-0.39, 0.29) is 0 Å². The Bertz CT molecular complexity index is 2490. The summed E-state index contributed by atoms with van der Waals surface area (Å²) in [5, 5.41) is 6.36. The van der Waals surface area contributed by atoms with Crippen LogP contribution in [0, 0.1) is 0 Å². The molecule has 0 bridgehead atoms. The first-order chi connectivity index (χ1) is 24.8. The fourth-order valence-electron chi connectivity index (χ4n) is 6.55. The fourth-order valence-corrected chi connectivity index (χ4v) is 10.1. The molecule has 236 valence electrons. The first kappa shape index (κ1) is 30.3. The highest BCUT2D eigenvalue weighted by atomic mass is 32.1. The van der Waals surface area contributed by atoms with E-state index < -0.39 is 7.92 Å². The van der Waals surface area contributed by atoms with Crippen LogP contribution in [-0.2, 0) is 0 Å². The summed E-state index contributed by atoms with van der Waals surface area (Å²) in [4.78, 5) is 15.3. The molecule has 7 aromatic carbocycles. The number of benzene rings is 7. The third-order valence-electron chi connectivity index (χ3n) is 8.89. The van der Waals surface area contributed by atoms with Crippen LogP contribution in [0.3, 0.4) is 0 Å². The highest BCUT2D eigenvalue weighted by molar-refractivity contribution is 7.79. The Hall–Kier alpha value is -5.80. The molecule has 0 unspecified atom stereocenters. The molecule has 0 saturated carbocycles. The van der Waals surface area contributed by atoms with Crippen LogP contribution >= 0.6 is 19.3 Å². The smallest absolute Gasteiger partial charge is 0.164 e. The summed E-state index contributed by atoms with van der Waals surface area (Å²) >= 11 is 1.82. The van der Waals surface area contributed by atoms with Crippen molar-refractivity contribution in [3.63, 3.8) is 0 Å². The van der Waals surface area contributed by atoms with Crippen LogP contribution in [0.15, 0.2) is 182 Å². The van der Waals surface area contributed by atoms with Crippen LogP contribution < -0.4 is 15.9 Å². The van der Waals surface area contributed by atoms with Gasteiger partial charge in [-0.15, -0.1) is 11.3 Å². The molecule has 0 aliphatic carbocycles. The van der Waals surface area contributed by atoms with E-state index >= 15 is 0 Å². The monoisotopic (exact) mass is 675 g/mol. The summed E-state index contributed by atoms with van der Waals surface area (Å²) in [5.74, 6) is 1.98. The molecule has 0 aliphatic heterocycles. The van der Waals surface area contributed by atoms with Gasteiger partial charge in [0.2, 0.25) is 0 Å². The molecule has 5 heteroatoms. The number of hydrogen-bond acceptors (Lipinski definition) is 4. The molecule has 0 saturated heterocycles. The van der Waals surface area contributed by atoms with Gasteiger partial charge in [0.05, 0.1) is 0 Å². The Morgan fingerprint density at radius 2 is 0.860 bits per heavy atom. The Kier molecular flexibility index (Phi) is 8.02.